The molecule has 2 aromatic carbocycles. The van der Waals surface area contributed by atoms with Gasteiger partial charge in [-0.2, -0.15) is 0 Å². The number of hydrogen-bond donors (Lipinski definition) is 3. The molecule has 126 valence electrons. The van der Waals surface area contributed by atoms with Crippen LogP contribution in [0, 0.1) is 20.8 Å². The Morgan fingerprint density at radius 3 is 2.29 bits per heavy atom. The van der Waals surface area contributed by atoms with Gasteiger partial charge in [-0.1, -0.05) is 35.4 Å². The highest BCUT2D eigenvalue weighted by molar-refractivity contribution is 6.30. The van der Waals surface area contributed by atoms with Gasteiger partial charge in [0.25, 0.3) is 0 Å². The zero-order valence-electron chi connectivity index (χ0n) is 13.9. The summed E-state index contributed by atoms with van der Waals surface area (Å²) in [5.74, 6) is -0.286. The van der Waals surface area contributed by atoms with Gasteiger partial charge < -0.3 is 16.0 Å². The van der Waals surface area contributed by atoms with Crippen molar-refractivity contribution in [2.24, 2.45) is 0 Å². The summed E-state index contributed by atoms with van der Waals surface area (Å²) in [6.45, 7) is 5.76. The molecule has 0 heterocycles. The maximum Gasteiger partial charge on any atom is 0.319 e. The van der Waals surface area contributed by atoms with E-state index in [-0.39, 0.29) is 12.5 Å². The molecule has 3 N–H and O–H groups in total. The normalized spacial score (nSPS) is 10.2. The zero-order chi connectivity index (χ0) is 17.7. The second kappa shape index (κ2) is 7.84. The van der Waals surface area contributed by atoms with Crippen molar-refractivity contribution in [1.82, 2.24) is 5.32 Å². The molecule has 6 heteroatoms. The molecule has 0 bridgehead atoms. The van der Waals surface area contributed by atoms with E-state index in [1.165, 1.54) is 0 Å². The molecule has 0 aromatic heterocycles. The fourth-order valence-electron chi connectivity index (χ4n) is 2.46. The number of urea groups is 1. The summed E-state index contributed by atoms with van der Waals surface area (Å²) >= 11 is 5.85. The van der Waals surface area contributed by atoms with Crippen LogP contribution in [0.4, 0.5) is 16.2 Å². The van der Waals surface area contributed by atoms with Gasteiger partial charge in [0, 0.05) is 16.4 Å². The van der Waals surface area contributed by atoms with E-state index in [4.69, 9.17) is 11.6 Å². The van der Waals surface area contributed by atoms with E-state index in [9.17, 15) is 9.59 Å². The molecule has 0 aliphatic rings. The van der Waals surface area contributed by atoms with Crippen LogP contribution >= 0.6 is 11.6 Å². The molecule has 0 aliphatic carbocycles. The first-order valence-corrected chi connectivity index (χ1v) is 7.91. The lowest BCUT2D eigenvalue weighted by Crippen LogP contribution is -2.36. The summed E-state index contributed by atoms with van der Waals surface area (Å²) in [5, 5.41) is 8.49. The van der Waals surface area contributed by atoms with Gasteiger partial charge in [0.1, 0.15) is 0 Å². The molecule has 0 saturated heterocycles. The van der Waals surface area contributed by atoms with Gasteiger partial charge in [0.2, 0.25) is 5.91 Å². The van der Waals surface area contributed by atoms with Crippen molar-refractivity contribution in [1.29, 1.82) is 0 Å². The Morgan fingerprint density at radius 2 is 1.67 bits per heavy atom. The van der Waals surface area contributed by atoms with Crippen molar-refractivity contribution in [3.63, 3.8) is 0 Å². The smallest absolute Gasteiger partial charge is 0.319 e. The SMILES string of the molecule is Cc1cc(C)c(NC(=O)CNC(=O)Nc2cccc(Cl)c2)c(C)c1. The van der Waals surface area contributed by atoms with Crippen molar-refractivity contribution in [3.8, 4) is 0 Å². The lowest BCUT2D eigenvalue weighted by atomic mass is 10.1. The summed E-state index contributed by atoms with van der Waals surface area (Å²) in [7, 11) is 0. The Labute approximate surface area is 146 Å². The van der Waals surface area contributed by atoms with Crippen LogP contribution in [-0.2, 0) is 4.79 Å². The minimum atomic E-state index is -0.468. The Kier molecular flexibility index (Phi) is 5.82. The van der Waals surface area contributed by atoms with E-state index in [2.05, 4.69) is 16.0 Å². The van der Waals surface area contributed by atoms with E-state index >= 15 is 0 Å². The summed E-state index contributed by atoms with van der Waals surface area (Å²) in [6, 6.07) is 10.3. The largest absolute Gasteiger partial charge is 0.329 e. The molecule has 0 fully saturated rings. The molecule has 0 atom stereocenters. The van der Waals surface area contributed by atoms with Crippen LogP contribution in [0.5, 0.6) is 0 Å². The summed E-state index contributed by atoms with van der Waals surface area (Å²) < 4.78 is 0. The molecular formula is C18H20ClN3O2. The van der Waals surface area contributed by atoms with E-state index in [1.807, 2.05) is 32.9 Å². The maximum atomic E-state index is 12.0. The number of rotatable bonds is 4. The molecule has 0 spiro atoms. The van der Waals surface area contributed by atoms with Gasteiger partial charge in [-0.15, -0.1) is 0 Å². The van der Waals surface area contributed by atoms with Gasteiger partial charge in [0.05, 0.1) is 6.54 Å². The van der Waals surface area contributed by atoms with Crippen molar-refractivity contribution >= 4 is 34.9 Å². The number of hydrogen-bond acceptors (Lipinski definition) is 2. The van der Waals surface area contributed by atoms with Crippen molar-refractivity contribution in [3.05, 3.63) is 58.1 Å². The topological polar surface area (TPSA) is 70.2 Å². The number of carbonyl (C=O) groups excluding carboxylic acids is 2. The average molecular weight is 346 g/mol. The van der Waals surface area contributed by atoms with Crippen molar-refractivity contribution < 1.29 is 9.59 Å². The van der Waals surface area contributed by atoms with Crippen LogP contribution in [0.25, 0.3) is 0 Å². The fraction of sp³-hybridized carbons (Fsp3) is 0.222. The maximum absolute atomic E-state index is 12.0. The molecule has 2 rings (SSSR count). The van der Waals surface area contributed by atoms with E-state index in [0.717, 1.165) is 22.4 Å². The highest BCUT2D eigenvalue weighted by Gasteiger charge is 2.10. The summed E-state index contributed by atoms with van der Waals surface area (Å²) in [6.07, 6.45) is 0. The molecular weight excluding hydrogens is 326 g/mol. The monoisotopic (exact) mass is 345 g/mol. The van der Waals surface area contributed by atoms with Crippen LogP contribution in [0.1, 0.15) is 16.7 Å². The molecule has 3 amide bonds. The number of amides is 3. The second-order valence-electron chi connectivity index (χ2n) is 5.64. The van der Waals surface area contributed by atoms with Crippen LogP contribution in [0.3, 0.4) is 0 Å². The number of carbonyl (C=O) groups is 2. The molecule has 0 unspecified atom stereocenters. The third-order valence-electron chi connectivity index (χ3n) is 3.43. The third kappa shape index (κ3) is 4.99. The van der Waals surface area contributed by atoms with Crippen LogP contribution < -0.4 is 16.0 Å². The van der Waals surface area contributed by atoms with Gasteiger partial charge in [-0.3, -0.25) is 4.79 Å². The van der Waals surface area contributed by atoms with Crippen LogP contribution in [-0.4, -0.2) is 18.5 Å². The lowest BCUT2D eigenvalue weighted by Gasteiger charge is -2.13. The Bertz CT molecular complexity index is 752. The van der Waals surface area contributed by atoms with Gasteiger partial charge >= 0.3 is 6.03 Å². The number of benzene rings is 2. The molecule has 0 aliphatic heterocycles. The Hall–Kier alpha value is -2.53. The minimum absolute atomic E-state index is 0.126. The highest BCUT2D eigenvalue weighted by Crippen LogP contribution is 2.21. The second-order valence-corrected chi connectivity index (χ2v) is 6.08. The van der Waals surface area contributed by atoms with Gasteiger partial charge in [-0.25, -0.2) is 4.79 Å². The first kappa shape index (κ1) is 17.8. The number of aryl methyl sites for hydroxylation is 3. The fourth-order valence-corrected chi connectivity index (χ4v) is 2.65. The van der Waals surface area contributed by atoms with Crippen LogP contribution in [0.2, 0.25) is 5.02 Å². The number of anilines is 2. The van der Waals surface area contributed by atoms with E-state index in [0.29, 0.717) is 10.7 Å². The third-order valence-corrected chi connectivity index (χ3v) is 3.67. The lowest BCUT2D eigenvalue weighted by molar-refractivity contribution is -0.115. The summed E-state index contributed by atoms with van der Waals surface area (Å²) in [5.41, 5.74) is 4.46. The Balaban J connectivity index is 1.88. The predicted octanol–water partition coefficient (Wildman–Crippen LogP) is 4.03. The standard InChI is InChI=1S/C18H20ClN3O2/c1-11-7-12(2)17(13(3)8-11)22-16(23)10-20-18(24)21-15-6-4-5-14(19)9-15/h4-9H,10H2,1-3H3,(H,22,23)(H2,20,21,24). The molecule has 5 nitrogen and oxygen atoms in total. The average Bonchev–Trinajstić information content (AvgIpc) is 2.49. The van der Waals surface area contributed by atoms with Gasteiger partial charge in [-0.05, 0) is 50.1 Å². The van der Waals surface area contributed by atoms with E-state index in [1.54, 1.807) is 24.3 Å². The number of nitrogens with one attached hydrogen (secondary N) is 3. The first-order valence-electron chi connectivity index (χ1n) is 7.53. The first-order chi connectivity index (χ1) is 11.3. The number of halogens is 1. The van der Waals surface area contributed by atoms with Gasteiger partial charge in [0.15, 0.2) is 0 Å². The molecule has 2 aromatic rings. The molecule has 0 saturated carbocycles. The summed E-state index contributed by atoms with van der Waals surface area (Å²) in [4.78, 5) is 23.9. The zero-order valence-corrected chi connectivity index (χ0v) is 14.6. The molecule has 0 radical (unpaired) electrons. The van der Waals surface area contributed by atoms with Crippen molar-refractivity contribution in [2.75, 3.05) is 17.2 Å². The Morgan fingerprint density at radius 1 is 1.00 bits per heavy atom. The highest BCUT2D eigenvalue weighted by atomic mass is 35.5. The molecule has 24 heavy (non-hydrogen) atoms. The predicted molar refractivity (Wildman–Crippen MR) is 97.8 cm³/mol. The minimum Gasteiger partial charge on any atom is -0.329 e. The van der Waals surface area contributed by atoms with Crippen LogP contribution in [0.15, 0.2) is 36.4 Å². The quantitative estimate of drug-likeness (QED) is 0.783. The van der Waals surface area contributed by atoms with E-state index < -0.39 is 6.03 Å². The van der Waals surface area contributed by atoms with Crippen molar-refractivity contribution in [2.45, 2.75) is 20.8 Å².